The van der Waals surface area contributed by atoms with Gasteiger partial charge in [0, 0.05) is 11.8 Å². The van der Waals surface area contributed by atoms with Gasteiger partial charge < -0.3 is 0 Å². The van der Waals surface area contributed by atoms with Crippen molar-refractivity contribution in [1.29, 1.82) is 0 Å². The first kappa shape index (κ1) is 12.7. The zero-order chi connectivity index (χ0) is 13.1. The van der Waals surface area contributed by atoms with Gasteiger partial charge in [-0.1, -0.05) is 38.5 Å². The smallest absolute Gasteiger partial charge is 0.181 e. The molecule has 0 N–H and O–H groups in total. The molecule has 0 saturated heterocycles. The van der Waals surface area contributed by atoms with Crippen molar-refractivity contribution in [2.75, 3.05) is 0 Å². The number of hydrogen-bond acceptors (Lipinski definition) is 2. The number of aromatic nitrogens is 1. The Bertz CT molecular complexity index is 574. The summed E-state index contributed by atoms with van der Waals surface area (Å²) >= 11 is 0. The fourth-order valence-electron chi connectivity index (χ4n) is 2.06. The Morgan fingerprint density at radius 2 is 2.06 bits per heavy atom. The van der Waals surface area contributed by atoms with Crippen LogP contribution >= 0.6 is 0 Å². The molecule has 2 heteroatoms. The molecule has 0 aliphatic heterocycles. The van der Waals surface area contributed by atoms with Crippen LogP contribution in [0.4, 0.5) is 0 Å². The van der Waals surface area contributed by atoms with Gasteiger partial charge in [0.2, 0.25) is 0 Å². The van der Waals surface area contributed by atoms with Crippen molar-refractivity contribution in [2.45, 2.75) is 33.6 Å². The number of carbonyl (C=O) groups excluding carboxylic acids is 1. The summed E-state index contributed by atoms with van der Waals surface area (Å²) in [5.41, 5.74) is 2.63. The van der Waals surface area contributed by atoms with E-state index in [1.165, 1.54) is 0 Å². The van der Waals surface area contributed by atoms with Gasteiger partial charge in [-0.05, 0) is 30.5 Å². The van der Waals surface area contributed by atoms with Crippen LogP contribution in [0.15, 0.2) is 30.3 Å². The molecule has 0 spiro atoms. The first-order chi connectivity index (χ1) is 8.61. The van der Waals surface area contributed by atoms with Crippen molar-refractivity contribution in [1.82, 2.24) is 4.98 Å². The molecule has 0 fully saturated rings. The van der Waals surface area contributed by atoms with Gasteiger partial charge in [-0.15, -0.1) is 0 Å². The Labute approximate surface area is 108 Å². The molecule has 1 aromatic carbocycles. The topological polar surface area (TPSA) is 30.0 Å². The van der Waals surface area contributed by atoms with Crippen molar-refractivity contribution < 1.29 is 4.79 Å². The highest BCUT2D eigenvalue weighted by molar-refractivity contribution is 5.97. The SMILES string of the molecule is CCC(C)CC(=O)c1cc(C)c2ccccc2n1. The standard InChI is InChI=1S/C16H19NO/c1-4-11(2)9-16(18)15-10-12(3)13-7-5-6-8-14(13)17-15/h5-8,10-11H,4,9H2,1-3H3. The Morgan fingerprint density at radius 3 is 2.78 bits per heavy atom. The molecule has 2 rings (SSSR count). The van der Waals surface area contributed by atoms with E-state index in [1.807, 2.05) is 37.3 Å². The average Bonchev–Trinajstić information content (AvgIpc) is 2.38. The molecule has 0 radical (unpaired) electrons. The normalized spacial score (nSPS) is 12.6. The third-order valence-electron chi connectivity index (χ3n) is 3.44. The van der Waals surface area contributed by atoms with Gasteiger partial charge in [0.25, 0.3) is 0 Å². The highest BCUT2D eigenvalue weighted by Gasteiger charge is 2.13. The van der Waals surface area contributed by atoms with Gasteiger partial charge in [0.05, 0.1) is 5.52 Å². The molecular weight excluding hydrogens is 222 g/mol. The van der Waals surface area contributed by atoms with Crippen LogP contribution in [0.3, 0.4) is 0 Å². The van der Waals surface area contributed by atoms with Crippen LogP contribution in [0, 0.1) is 12.8 Å². The molecule has 0 aliphatic rings. The number of aryl methyl sites for hydroxylation is 1. The summed E-state index contributed by atoms with van der Waals surface area (Å²) in [7, 11) is 0. The van der Waals surface area contributed by atoms with Gasteiger partial charge in [-0.25, -0.2) is 4.98 Å². The van der Waals surface area contributed by atoms with Crippen LogP contribution in [0.1, 0.15) is 42.7 Å². The fourth-order valence-corrected chi connectivity index (χ4v) is 2.06. The largest absolute Gasteiger partial charge is 0.292 e. The highest BCUT2D eigenvalue weighted by atomic mass is 16.1. The van der Waals surface area contributed by atoms with Gasteiger partial charge in [0.15, 0.2) is 5.78 Å². The van der Waals surface area contributed by atoms with Gasteiger partial charge in [-0.3, -0.25) is 4.79 Å². The Kier molecular flexibility index (Phi) is 3.75. The summed E-state index contributed by atoms with van der Waals surface area (Å²) in [5, 5.41) is 1.12. The predicted molar refractivity (Wildman–Crippen MR) is 74.9 cm³/mol. The second-order valence-corrected chi connectivity index (χ2v) is 4.98. The lowest BCUT2D eigenvalue weighted by Gasteiger charge is -2.08. The fraction of sp³-hybridized carbons (Fsp3) is 0.375. The summed E-state index contributed by atoms with van der Waals surface area (Å²) in [6, 6.07) is 9.87. The zero-order valence-corrected chi connectivity index (χ0v) is 11.2. The van der Waals surface area contributed by atoms with E-state index in [-0.39, 0.29) is 5.78 Å². The number of ketones is 1. The number of para-hydroxylation sites is 1. The van der Waals surface area contributed by atoms with Crippen LogP contribution < -0.4 is 0 Å². The number of fused-ring (bicyclic) bond motifs is 1. The summed E-state index contributed by atoms with van der Waals surface area (Å²) in [6.45, 7) is 6.24. The van der Waals surface area contributed by atoms with Crippen molar-refractivity contribution >= 4 is 16.7 Å². The summed E-state index contributed by atoms with van der Waals surface area (Å²) < 4.78 is 0. The first-order valence-electron chi connectivity index (χ1n) is 6.51. The van der Waals surface area contributed by atoms with Crippen molar-refractivity contribution in [3.05, 3.63) is 41.6 Å². The lowest BCUT2D eigenvalue weighted by molar-refractivity contribution is 0.0959. The van der Waals surface area contributed by atoms with Crippen LogP contribution in [0.25, 0.3) is 10.9 Å². The van der Waals surface area contributed by atoms with Crippen molar-refractivity contribution in [3.8, 4) is 0 Å². The predicted octanol–water partition coefficient (Wildman–Crippen LogP) is 4.16. The van der Waals surface area contributed by atoms with Crippen LogP contribution in [-0.2, 0) is 0 Å². The summed E-state index contributed by atoms with van der Waals surface area (Å²) in [6.07, 6.45) is 1.61. The van der Waals surface area contributed by atoms with Crippen LogP contribution in [0.5, 0.6) is 0 Å². The molecule has 1 heterocycles. The monoisotopic (exact) mass is 241 g/mol. The number of hydrogen-bond donors (Lipinski definition) is 0. The van der Waals surface area contributed by atoms with E-state index in [0.717, 1.165) is 22.9 Å². The van der Waals surface area contributed by atoms with Crippen molar-refractivity contribution in [3.63, 3.8) is 0 Å². The quantitative estimate of drug-likeness (QED) is 0.752. The van der Waals surface area contributed by atoms with E-state index in [0.29, 0.717) is 18.0 Å². The second kappa shape index (κ2) is 5.30. The van der Waals surface area contributed by atoms with E-state index in [9.17, 15) is 4.79 Å². The Morgan fingerprint density at radius 1 is 1.33 bits per heavy atom. The zero-order valence-electron chi connectivity index (χ0n) is 11.2. The molecule has 0 amide bonds. The summed E-state index contributed by atoms with van der Waals surface area (Å²) in [4.78, 5) is 16.6. The third-order valence-corrected chi connectivity index (χ3v) is 3.44. The van der Waals surface area contributed by atoms with E-state index in [1.54, 1.807) is 0 Å². The molecule has 2 aromatic rings. The summed E-state index contributed by atoms with van der Waals surface area (Å²) in [5.74, 6) is 0.573. The van der Waals surface area contributed by atoms with Gasteiger partial charge >= 0.3 is 0 Å². The van der Waals surface area contributed by atoms with E-state index < -0.39 is 0 Å². The van der Waals surface area contributed by atoms with E-state index in [4.69, 9.17) is 0 Å². The number of carbonyl (C=O) groups is 1. The van der Waals surface area contributed by atoms with E-state index in [2.05, 4.69) is 18.8 Å². The molecule has 0 bridgehead atoms. The number of rotatable bonds is 4. The number of nitrogens with zero attached hydrogens (tertiary/aromatic N) is 1. The highest BCUT2D eigenvalue weighted by Crippen LogP contribution is 2.19. The molecule has 1 aromatic heterocycles. The molecule has 0 aliphatic carbocycles. The number of pyridine rings is 1. The minimum atomic E-state index is 0.151. The first-order valence-corrected chi connectivity index (χ1v) is 6.51. The maximum atomic E-state index is 12.1. The molecule has 0 saturated carbocycles. The maximum absolute atomic E-state index is 12.1. The lowest BCUT2D eigenvalue weighted by atomic mass is 9.99. The number of benzene rings is 1. The molecular formula is C16H19NO. The minimum Gasteiger partial charge on any atom is -0.292 e. The second-order valence-electron chi connectivity index (χ2n) is 4.98. The minimum absolute atomic E-state index is 0.151. The molecule has 1 unspecified atom stereocenters. The van der Waals surface area contributed by atoms with Crippen LogP contribution in [-0.4, -0.2) is 10.8 Å². The average molecular weight is 241 g/mol. The maximum Gasteiger partial charge on any atom is 0.181 e. The molecule has 94 valence electrons. The van der Waals surface area contributed by atoms with Gasteiger partial charge in [-0.2, -0.15) is 0 Å². The van der Waals surface area contributed by atoms with Gasteiger partial charge in [0.1, 0.15) is 5.69 Å². The molecule has 18 heavy (non-hydrogen) atoms. The van der Waals surface area contributed by atoms with Crippen molar-refractivity contribution in [2.24, 2.45) is 5.92 Å². The van der Waals surface area contributed by atoms with E-state index >= 15 is 0 Å². The molecule has 2 nitrogen and oxygen atoms in total. The Balaban J connectivity index is 2.37. The number of Topliss-reactive ketones (excluding diaryl/α,β-unsaturated/α-hetero) is 1. The molecule has 1 atom stereocenters. The third kappa shape index (κ3) is 2.58. The lowest BCUT2D eigenvalue weighted by Crippen LogP contribution is -2.08. The van der Waals surface area contributed by atoms with Crippen LogP contribution in [0.2, 0.25) is 0 Å². The Hall–Kier alpha value is -1.70.